The lowest BCUT2D eigenvalue weighted by molar-refractivity contribution is -0.116. The summed E-state index contributed by atoms with van der Waals surface area (Å²) in [6.07, 6.45) is 1.88. The molecule has 1 heterocycles. The Morgan fingerprint density at radius 3 is 2.24 bits per heavy atom. The largest absolute Gasteiger partial charge is 0.462 e. The van der Waals surface area contributed by atoms with Crippen molar-refractivity contribution >= 4 is 35.1 Å². The fourth-order valence-electron chi connectivity index (χ4n) is 3.02. The van der Waals surface area contributed by atoms with Gasteiger partial charge in [-0.15, -0.1) is 0 Å². The molecule has 2 aromatic carbocycles. The lowest BCUT2D eigenvalue weighted by Crippen LogP contribution is -2.15. The Morgan fingerprint density at radius 2 is 1.64 bits per heavy atom. The number of rotatable bonds is 9. The lowest BCUT2D eigenvalue weighted by atomic mass is 10.1. The van der Waals surface area contributed by atoms with Gasteiger partial charge in [0, 0.05) is 24.1 Å². The highest BCUT2D eigenvalue weighted by molar-refractivity contribution is 6.33. The van der Waals surface area contributed by atoms with Crippen LogP contribution in [0.2, 0.25) is 5.02 Å². The molecular formula is C24H23ClN2O6. The molecule has 1 amide bonds. The van der Waals surface area contributed by atoms with Crippen LogP contribution in [-0.4, -0.2) is 36.0 Å². The molecule has 9 heteroatoms. The molecule has 0 radical (unpaired) electrons. The van der Waals surface area contributed by atoms with E-state index in [0.717, 1.165) is 0 Å². The first-order valence-electron chi connectivity index (χ1n) is 10.4. The minimum atomic E-state index is -0.606. The van der Waals surface area contributed by atoms with Crippen LogP contribution in [0.15, 0.2) is 53.1 Å². The number of benzene rings is 2. The number of hydrogen-bond acceptors (Lipinski definition) is 7. The van der Waals surface area contributed by atoms with Crippen molar-refractivity contribution in [3.8, 4) is 11.3 Å². The maximum absolute atomic E-state index is 12.5. The molecule has 0 atom stereocenters. The van der Waals surface area contributed by atoms with Crippen LogP contribution in [0.25, 0.3) is 11.3 Å². The van der Waals surface area contributed by atoms with Crippen LogP contribution in [0.1, 0.15) is 46.9 Å². The number of ether oxygens (including phenoxy) is 2. The third kappa shape index (κ3) is 6.43. The van der Waals surface area contributed by atoms with Gasteiger partial charge in [0.05, 0.1) is 35.6 Å². The summed E-state index contributed by atoms with van der Waals surface area (Å²) in [6, 6.07) is 11.5. The summed E-state index contributed by atoms with van der Waals surface area (Å²) in [5.41, 5.74) is 1.26. The van der Waals surface area contributed by atoms with E-state index in [1.807, 2.05) is 18.2 Å². The second-order valence-electron chi connectivity index (χ2n) is 6.89. The van der Waals surface area contributed by atoms with Gasteiger partial charge in [-0.3, -0.25) is 4.79 Å². The van der Waals surface area contributed by atoms with Gasteiger partial charge in [0.1, 0.15) is 0 Å². The van der Waals surface area contributed by atoms with Crippen LogP contribution in [-0.2, 0) is 20.7 Å². The molecule has 0 aliphatic carbocycles. The summed E-state index contributed by atoms with van der Waals surface area (Å²) < 4.78 is 15.7. The van der Waals surface area contributed by atoms with Crippen molar-refractivity contribution in [2.24, 2.45) is 0 Å². The molecule has 0 spiro atoms. The highest BCUT2D eigenvalue weighted by Gasteiger charge is 2.16. The van der Waals surface area contributed by atoms with Gasteiger partial charge in [0.2, 0.25) is 5.91 Å². The van der Waals surface area contributed by atoms with E-state index in [0.29, 0.717) is 22.2 Å². The number of aryl methyl sites for hydroxylation is 1. The predicted octanol–water partition coefficient (Wildman–Crippen LogP) is 4.92. The van der Waals surface area contributed by atoms with Crippen molar-refractivity contribution in [3.63, 3.8) is 0 Å². The zero-order valence-corrected chi connectivity index (χ0v) is 19.0. The van der Waals surface area contributed by atoms with Crippen LogP contribution in [0, 0.1) is 0 Å². The number of carbonyl (C=O) groups is 3. The Hall–Kier alpha value is -3.65. The van der Waals surface area contributed by atoms with Gasteiger partial charge in [-0.2, -0.15) is 0 Å². The number of nitrogens with zero attached hydrogens (tertiary/aromatic N) is 1. The first kappa shape index (κ1) is 24.0. The van der Waals surface area contributed by atoms with Crippen LogP contribution < -0.4 is 5.32 Å². The van der Waals surface area contributed by atoms with Gasteiger partial charge < -0.3 is 19.2 Å². The minimum Gasteiger partial charge on any atom is -0.462 e. The van der Waals surface area contributed by atoms with E-state index in [1.165, 1.54) is 18.2 Å². The van der Waals surface area contributed by atoms with E-state index < -0.39 is 11.9 Å². The summed E-state index contributed by atoms with van der Waals surface area (Å²) in [5, 5.41) is 3.23. The summed E-state index contributed by atoms with van der Waals surface area (Å²) in [6.45, 7) is 3.71. The van der Waals surface area contributed by atoms with Crippen molar-refractivity contribution in [2.45, 2.75) is 26.7 Å². The average Bonchev–Trinajstić information content (AvgIpc) is 3.27. The summed E-state index contributed by atoms with van der Waals surface area (Å²) in [4.78, 5) is 41.0. The number of nitrogens with one attached hydrogen (secondary N) is 1. The number of hydrogen-bond donors (Lipinski definition) is 1. The second kappa shape index (κ2) is 11.3. The highest BCUT2D eigenvalue weighted by Crippen LogP contribution is 2.28. The van der Waals surface area contributed by atoms with Gasteiger partial charge in [-0.1, -0.05) is 23.7 Å². The van der Waals surface area contributed by atoms with Gasteiger partial charge in [-0.25, -0.2) is 14.6 Å². The predicted molar refractivity (Wildman–Crippen MR) is 122 cm³/mol. The maximum Gasteiger partial charge on any atom is 0.338 e. The Labute approximate surface area is 195 Å². The van der Waals surface area contributed by atoms with E-state index >= 15 is 0 Å². The van der Waals surface area contributed by atoms with Gasteiger partial charge in [-0.05, 0) is 44.2 Å². The normalized spacial score (nSPS) is 10.5. The molecule has 0 saturated carbocycles. The smallest absolute Gasteiger partial charge is 0.338 e. The van der Waals surface area contributed by atoms with E-state index in [-0.39, 0.29) is 48.8 Å². The topological polar surface area (TPSA) is 108 Å². The Morgan fingerprint density at radius 1 is 1.00 bits per heavy atom. The molecule has 3 rings (SSSR count). The fraction of sp³-hybridized carbons (Fsp3) is 0.250. The molecule has 3 aromatic rings. The van der Waals surface area contributed by atoms with Crippen molar-refractivity contribution in [3.05, 3.63) is 70.7 Å². The molecule has 1 N–H and O–H groups in total. The van der Waals surface area contributed by atoms with E-state index in [4.69, 9.17) is 25.5 Å². The summed E-state index contributed by atoms with van der Waals surface area (Å²) >= 11 is 6.18. The molecular weight excluding hydrogens is 448 g/mol. The van der Waals surface area contributed by atoms with Crippen LogP contribution in [0.3, 0.4) is 0 Å². The molecule has 0 aliphatic heterocycles. The summed E-state index contributed by atoms with van der Waals surface area (Å²) in [7, 11) is 0. The number of halogens is 1. The SMILES string of the molecule is CCOC(=O)c1cc(NC(=O)CCc2ncc(-c3ccccc3Cl)o2)cc(C(=O)OCC)c1. The molecule has 0 unspecified atom stereocenters. The fourth-order valence-corrected chi connectivity index (χ4v) is 3.25. The van der Waals surface area contributed by atoms with Crippen LogP contribution in [0.5, 0.6) is 0 Å². The number of aromatic nitrogens is 1. The standard InChI is InChI=1S/C24H23ClN2O6/c1-3-31-23(29)15-11-16(24(30)32-4-2)13-17(12-15)27-21(28)9-10-22-26-14-20(33-22)18-7-5-6-8-19(18)25/h5-8,11-14H,3-4,9-10H2,1-2H3,(H,27,28). The minimum absolute atomic E-state index is 0.0703. The monoisotopic (exact) mass is 470 g/mol. The zero-order valence-electron chi connectivity index (χ0n) is 18.2. The molecule has 33 heavy (non-hydrogen) atoms. The zero-order chi connectivity index (χ0) is 23.8. The third-order valence-electron chi connectivity index (χ3n) is 4.50. The second-order valence-corrected chi connectivity index (χ2v) is 7.29. The number of oxazole rings is 1. The number of esters is 2. The van der Waals surface area contributed by atoms with E-state index in [1.54, 1.807) is 26.1 Å². The number of anilines is 1. The quantitative estimate of drug-likeness (QED) is 0.442. The lowest BCUT2D eigenvalue weighted by Gasteiger charge is -2.10. The van der Waals surface area contributed by atoms with E-state index in [9.17, 15) is 14.4 Å². The van der Waals surface area contributed by atoms with Gasteiger partial charge in [0.25, 0.3) is 0 Å². The van der Waals surface area contributed by atoms with E-state index in [2.05, 4.69) is 10.3 Å². The van der Waals surface area contributed by atoms with Crippen molar-refractivity contribution < 1.29 is 28.3 Å². The molecule has 0 saturated heterocycles. The Kier molecular flexibility index (Phi) is 8.21. The molecule has 172 valence electrons. The number of carbonyl (C=O) groups excluding carboxylic acids is 3. The summed E-state index contributed by atoms with van der Waals surface area (Å²) in [5.74, 6) is -0.662. The van der Waals surface area contributed by atoms with Crippen molar-refractivity contribution in [1.29, 1.82) is 0 Å². The third-order valence-corrected chi connectivity index (χ3v) is 4.83. The molecule has 1 aromatic heterocycles. The highest BCUT2D eigenvalue weighted by atomic mass is 35.5. The van der Waals surface area contributed by atoms with Gasteiger partial charge in [0.15, 0.2) is 11.7 Å². The molecule has 8 nitrogen and oxygen atoms in total. The first-order valence-corrected chi connectivity index (χ1v) is 10.8. The Bertz CT molecular complexity index is 1120. The maximum atomic E-state index is 12.5. The molecule has 0 aliphatic rings. The number of amides is 1. The van der Waals surface area contributed by atoms with Crippen molar-refractivity contribution in [1.82, 2.24) is 4.98 Å². The Balaban J connectivity index is 1.69. The molecule has 0 fully saturated rings. The first-order chi connectivity index (χ1) is 15.9. The molecule has 0 bridgehead atoms. The van der Waals surface area contributed by atoms with Crippen LogP contribution >= 0.6 is 11.6 Å². The van der Waals surface area contributed by atoms with Crippen LogP contribution in [0.4, 0.5) is 5.69 Å². The average molecular weight is 471 g/mol. The van der Waals surface area contributed by atoms with Crippen molar-refractivity contribution in [2.75, 3.05) is 18.5 Å². The van der Waals surface area contributed by atoms with Gasteiger partial charge >= 0.3 is 11.9 Å².